The van der Waals surface area contributed by atoms with Crippen molar-refractivity contribution in [3.63, 3.8) is 0 Å². The molecule has 4 heteroatoms. The van der Waals surface area contributed by atoms with E-state index in [-0.39, 0.29) is 5.96 Å². The summed E-state index contributed by atoms with van der Waals surface area (Å²) in [6.07, 6.45) is 0. The Bertz CT molecular complexity index is 297. The van der Waals surface area contributed by atoms with Crippen molar-refractivity contribution >= 4 is 5.96 Å². The van der Waals surface area contributed by atoms with Gasteiger partial charge in [0.2, 0.25) is 0 Å². The number of guanidine groups is 1. The van der Waals surface area contributed by atoms with Crippen molar-refractivity contribution in [2.24, 2.45) is 16.5 Å². The highest BCUT2D eigenvalue weighted by atomic mass is 16.3. The van der Waals surface area contributed by atoms with Crippen LogP contribution in [0.1, 0.15) is 17.1 Å². The lowest BCUT2D eigenvalue weighted by molar-refractivity contribution is 0.501. The molecule has 0 saturated heterocycles. The number of nitrogens with zero attached hydrogens (tertiary/aromatic N) is 1. The first-order valence-electron chi connectivity index (χ1n) is 3.71. The van der Waals surface area contributed by atoms with Gasteiger partial charge in [-0.3, -0.25) is 0 Å². The highest BCUT2D eigenvalue weighted by Crippen LogP contribution is 2.14. The summed E-state index contributed by atoms with van der Waals surface area (Å²) in [5, 5.41) is 0. The molecule has 0 unspecified atom stereocenters. The van der Waals surface area contributed by atoms with Gasteiger partial charge in [0.15, 0.2) is 5.96 Å². The quantitative estimate of drug-likeness (QED) is 0.502. The summed E-state index contributed by atoms with van der Waals surface area (Å²) in [6.45, 7) is 4.28. The maximum atomic E-state index is 5.30. The predicted octanol–water partition coefficient (Wildman–Crippen LogP) is 0.670. The predicted molar refractivity (Wildman–Crippen MR) is 47.7 cm³/mol. The first-order chi connectivity index (χ1) is 5.59. The number of aryl methyl sites for hydroxylation is 2. The van der Waals surface area contributed by atoms with Crippen LogP contribution in [0, 0.1) is 13.8 Å². The molecule has 0 atom stereocenters. The van der Waals surface area contributed by atoms with Crippen LogP contribution in [0.3, 0.4) is 0 Å². The highest BCUT2D eigenvalue weighted by Gasteiger charge is 2.02. The molecule has 0 aromatic carbocycles. The van der Waals surface area contributed by atoms with Crippen molar-refractivity contribution in [2.45, 2.75) is 20.4 Å². The molecule has 0 radical (unpaired) electrons. The zero-order chi connectivity index (χ0) is 9.14. The average molecular weight is 167 g/mol. The van der Waals surface area contributed by atoms with E-state index in [0.717, 1.165) is 17.1 Å². The molecule has 0 saturated carbocycles. The molecular formula is C8H13N3O. The van der Waals surface area contributed by atoms with Crippen LogP contribution in [0.2, 0.25) is 0 Å². The summed E-state index contributed by atoms with van der Waals surface area (Å²) >= 11 is 0. The van der Waals surface area contributed by atoms with Crippen LogP contribution in [-0.4, -0.2) is 5.96 Å². The Morgan fingerprint density at radius 3 is 2.58 bits per heavy atom. The molecule has 0 fully saturated rings. The molecular weight excluding hydrogens is 154 g/mol. The van der Waals surface area contributed by atoms with Gasteiger partial charge in [0.25, 0.3) is 0 Å². The Kier molecular flexibility index (Phi) is 2.38. The van der Waals surface area contributed by atoms with Crippen molar-refractivity contribution in [2.75, 3.05) is 0 Å². The smallest absolute Gasteiger partial charge is 0.186 e. The molecule has 0 aliphatic heterocycles. The van der Waals surface area contributed by atoms with Crippen LogP contribution in [0.25, 0.3) is 0 Å². The molecule has 0 aliphatic carbocycles. The maximum absolute atomic E-state index is 5.30. The minimum absolute atomic E-state index is 0.105. The van der Waals surface area contributed by atoms with Crippen LogP contribution >= 0.6 is 0 Å². The van der Waals surface area contributed by atoms with Crippen LogP contribution in [0.5, 0.6) is 0 Å². The number of hydrogen-bond donors (Lipinski definition) is 2. The first-order valence-corrected chi connectivity index (χ1v) is 3.71. The second-order valence-electron chi connectivity index (χ2n) is 2.68. The van der Waals surface area contributed by atoms with Crippen molar-refractivity contribution in [3.8, 4) is 0 Å². The monoisotopic (exact) mass is 167 g/mol. The third kappa shape index (κ3) is 2.02. The van der Waals surface area contributed by atoms with Gasteiger partial charge in [0.1, 0.15) is 11.5 Å². The molecule has 4 N–H and O–H groups in total. The third-order valence-corrected chi connectivity index (χ3v) is 1.58. The Balaban J connectivity index is 2.75. The standard InChI is InChI=1S/C8H13N3O/c1-5-3-7(6(2)12-5)4-11-8(9)10/h3H,4H2,1-2H3,(H4,9,10,11). The van der Waals surface area contributed by atoms with Crippen LogP contribution < -0.4 is 11.5 Å². The van der Waals surface area contributed by atoms with E-state index in [4.69, 9.17) is 15.9 Å². The topological polar surface area (TPSA) is 77.5 Å². The normalized spacial score (nSPS) is 9.83. The number of nitrogens with two attached hydrogens (primary N) is 2. The van der Waals surface area contributed by atoms with Gasteiger partial charge in [0, 0.05) is 5.56 Å². The molecule has 4 nitrogen and oxygen atoms in total. The molecule has 66 valence electrons. The first kappa shape index (κ1) is 8.64. The van der Waals surface area contributed by atoms with Crippen molar-refractivity contribution in [3.05, 3.63) is 23.2 Å². The third-order valence-electron chi connectivity index (χ3n) is 1.58. The second-order valence-corrected chi connectivity index (χ2v) is 2.68. The Labute approximate surface area is 71.3 Å². The number of rotatable bonds is 2. The molecule has 0 bridgehead atoms. The fourth-order valence-electron chi connectivity index (χ4n) is 1.02. The van der Waals surface area contributed by atoms with E-state index in [0.29, 0.717) is 6.54 Å². The van der Waals surface area contributed by atoms with Gasteiger partial charge in [-0.15, -0.1) is 0 Å². The minimum Gasteiger partial charge on any atom is -0.466 e. The molecule has 1 rings (SSSR count). The van der Waals surface area contributed by atoms with Crippen molar-refractivity contribution in [1.82, 2.24) is 0 Å². The van der Waals surface area contributed by atoms with Crippen molar-refractivity contribution in [1.29, 1.82) is 0 Å². The summed E-state index contributed by atoms with van der Waals surface area (Å²) in [5.41, 5.74) is 11.4. The molecule has 1 heterocycles. The summed E-state index contributed by atoms with van der Waals surface area (Å²) in [4.78, 5) is 3.88. The van der Waals surface area contributed by atoms with Gasteiger partial charge in [0.05, 0.1) is 6.54 Å². The van der Waals surface area contributed by atoms with E-state index < -0.39 is 0 Å². The fourth-order valence-corrected chi connectivity index (χ4v) is 1.02. The number of furan rings is 1. The zero-order valence-corrected chi connectivity index (χ0v) is 7.29. The highest BCUT2D eigenvalue weighted by molar-refractivity contribution is 5.75. The lowest BCUT2D eigenvalue weighted by Gasteiger charge is -1.92. The molecule has 0 aliphatic rings. The summed E-state index contributed by atoms with van der Waals surface area (Å²) in [5.74, 6) is 1.86. The summed E-state index contributed by atoms with van der Waals surface area (Å²) < 4.78 is 5.30. The van der Waals surface area contributed by atoms with Gasteiger partial charge in [-0.05, 0) is 19.9 Å². The van der Waals surface area contributed by atoms with Crippen LogP contribution in [0.15, 0.2) is 15.5 Å². The van der Waals surface area contributed by atoms with E-state index in [9.17, 15) is 0 Å². The van der Waals surface area contributed by atoms with Gasteiger partial charge in [-0.25, -0.2) is 4.99 Å². The van der Waals surface area contributed by atoms with Gasteiger partial charge in [-0.2, -0.15) is 0 Å². The van der Waals surface area contributed by atoms with Crippen molar-refractivity contribution < 1.29 is 4.42 Å². The average Bonchev–Trinajstić information content (AvgIpc) is 2.26. The van der Waals surface area contributed by atoms with Crippen LogP contribution in [0.4, 0.5) is 0 Å². The summed E-state index contributed by atoms with van der Waals surface area (Å²) in [6, 6.07) is 1.93. The maximum Gasteiger partial charge on any atom is 0.186 e. The molecule has 12 heavy (non-hydrogen) atoms. The zero-order valence-electron chi connectivity index (χ0n) is 7.29. The largest absolute Gasteiger partial charge is 0.466 e. The van der Waals surface area contributed by atoms with Gasteiger partial charge < -0.3 is 15.9 Å². The fraction of sp³-hybridized carbons (Fsp3) is 0.375. The molecule has 1 aromatic rings. The minimum atomic E-state index is 0.105. The lowest BCUT2D eigenvalue weighted by Crippen LogP contribution is -2.22. The Morgan fingerprint density at radius 2 is 2.17 bits per heavy atom. The Morgan fingerprint density at radius 1 is 1.50 bits per heavy atom. The van der Waals surface area contributed by atoms with E-state index in [1.54, 1.807) is 0 Å². The van der Waals surface area contributed by atoms with E-state index in [2.05, 4.69) is 4.99 Å². The molecule has 0 amide bonds. The van der Waals surface area contributed by atoms with Crippen LogP contribution in [-0.2, 0) is 6.54 Å². The SMILES string of the molecule is Cc1cc(CN=C(N)N)c(C)o1. The molecule has 1 aromatic heterocycles. The number of aliphatic imine (C=N–C) groups is 1. The molecule has 0 spiro atoms. The van der Waals surface area contributed by atoms with E-state index in [1.165, 1.54) is 0 Å². The van der Waals surface area contributed by atoms with Gasteiger partial charge >= 0.3 is 0 Å². The Hall–Kier alpha value is -1.45. The second kappa shape index (κ2) is 3.30. The number of hydrogen-bond acceptors (Lipinski definition) is 2. The summed E-state index contributed by atoms with van der Waals surface area (Å²) in [7, 11) is 0. The van der Waals surface area contributed by atoms with Gasteiger partial charge in [-0.1, -0.05) is 0 Å². The van der Waals surface area contributed by atoms with E-state index >= 15 is 0 Å². The van der Waals surface area contributed by atoms with E-state index in [1.807, 2.05) is 19.9 Å². The lowest BCUT2D eigenvalue weighted by atomic mass is 10.2.